The van der Waals surface area contributed by atoms with Gasteiger partial charge in [-0.3, -0.25) is 4.79 Å². The smallest absolute Gasteiger partial charge is 0.339 e. The normalized spacial score (nSPS) is 10.9. The van der Waals surface area contributed by atoms with Crippen molar-refractivity contribution in [2.24, 2.45) is 5.92 Å². The van der Waals surface area contributed by atoms with Crippen molar-refractivity contribution in [3.63, 3.8) is 0 Å². The highest BCUT2D eigenvalue weighted by Crippen LogP contribution is 2.22. The summed E-state index contributed by atoms with van der Waals surface area (Å²) in [5.74, 6) is -0.829. The van der Waals surface area contributed by atoms with Crippen LogP contribution in [0.1, 0.15) is 94.8 Å². The number of aromatic hydroxyl groups is 1. The first-order chi connectivity index (χ1) is 12.9. The maximum atomic E-state index is 11.9. The average Bonchev–Trinajstić information content (AvgIpc) is 2.59. The molecular weight excluding hydrogens is 342 g/mol. The molecule has 0 spiro atoms. The Balaban J connectivity index is 2.04. The number of benzene rings is 1. The average molecular weight is 378 g/mol. The summed E-state index contributed by atoms with van der Waals surface area (Å²) in [7, 11) is 0. The second-order valence-corrected chi connectivity index (χ2v) is 7.70. The molecule has 0 fully saturated rings. The number of carboxylic acids is 1. The van der Waals surface area contributed by atoms with Gasteiger partial charge in [0.05, 0.1) is 0 Å². The zero-order chi connectivity index (χ0) is 20.1. The third-order valence-electron chi connectivity index (χ3n) is 4.70. The molecule has 1 rings (SSSR count). The summed E-state index contributed by atoms with van der Waals surface area (Å²) in [6, 6.07) is 4.04. The fourth-order valence-electron chi connectivity index (χ4n) is 3.09. The van der Waals surface area contributed by atoms with Gasteiger partial charge in [0.1, 0.15) is 11.3 Å². The van der Waals surface area contributed by atoms with E-state index in [1.165, 1.54) is 63.1 Å². The number of aromatic carboxylic acids is 1. The summed E-state index contributed by atoms with van der Waals surface area (Å²) < 4.78 is 0. The van der Waals surface area contributed by atoms with E-state index in [9.17, 15) is 14.7 Å². The molecule has 27 heavy (non-hydrogen) atoms. The second kappa shape index (κ2) is 13.2. The molecule has 0 saturated heterocycles. The molecule has 0 aromatic heterocycles. The number of nitrogens with one attached hydrogen (secondary N) is 1. The van der Waals surface area contributed by atoms with Crippen molar-refractivity contribution in [3.05, 3.63) is 23.8 Å². The molecule has 152 valence electrons. The molecule has 1 amide bonds. The Morgan fingerprint density at radius 3 is 2.00 bits per heavy atom. The monoisotopic (exact) mass is 377 g/mol. The summed E-state index contributed by atoms with van der Waals surface area (Å²) in [6.07, 6.45) is 12.7. The van der Waals surface area contributed by atoms with E-state index in [0.29, 0.717) is 12.1 Å². The number of amides is 1. The van der Waals surface area contributed by atoms with Gasteiger partial charge in [-0.15, -0.1) is 0 Å². The van der Waals surface area contributed by atoms with Gasteiger partial charge in [-0.05, 0) is 24.5 Å². The molecule has 0 aliphatic carbocycles. The molecule has 1 aromatic rings. The number of carbonyl (C=O) groups excluding carboxylic acids is 1. The fourth-order valence-corrected chi connectivity index (χ4v) is 3.09. The van der Waals surface area contributed by atoms with Crippen molar-refractivity contribution < 1.29 is 19.8 Å². The number of phenols is 1. The minimum absolute atomic E-state index is 0.109. The lowest BCUT2D eigenvalue weighted by Gasteiger charge is -2.07. The largest absolute Gasteiger partial charge is 0.507 e. The Morgan fingerprint density at radius 2 is 1.48 bits per heavy atom. The quantitative estimate of drug-likeness (QED) is 0.348. The second-order valence-electron chi connectivity index (χ2n) is 7.70. The highest BCUT2D eigenvalue weighted by Gasteiger charge is 2.10. The van der Waals surface area contributed by atoms with Crippen LogP contribution in [-0.4, -0.2) is 22.1 Å². The van der Waals surface area contributed by atoms with E-state index in [4.69, 9.17) is 5.11 Å². The first kappa shape index (κ1) is 23.0. The van der Waals surface area contributed by atoms with Gasteiger partial charge >= 0.3 is 5.97 Å². The van der Waals surface area contributed by atoms with Crippen LogP contribution in [-0.2, 0) is 4.79 Å². The molecule has 5 heteroatoms. The van der Waals surface area contributed by atoms with E-state index in [0.717, 1.165) is 25.2 Å². The van der Waals surface area contributed by atoms with E-state index in [1.54, 1.807) is 0 Å². The van der Waals surface area contributed by atoms with Crippen molar-refractivity contribution in [2.75, 3.05) is 5.32 Å². The number of rotatable bonds is 14. The molecule has 0 bridgehead atoms. The molecule has 0 atom stereocenters. The Labute approximate surface area is 163 Å². The number of carbonyl (C=O) groups is 2. The first-order valence-electron chi connectivity index (χ1n) is 10.3. The number of hydrogen-bond acceptors (Lipinski definition) is 3. The molecule has 0 aliphatic rings. The third kappa shape index (κ3) is 10.6. The van der Waals surface area contributed by atoms with E-state index < -0.39 is 5.97 Å². The Bertz CT molecular complexity index is 584. The van der Waals surface area contributed by atoms with Crippen molar-refractivity contribution in [3.8, 4) is 5.75 Å². The molecule has 0 aliphatic heterocycles. The standard InChI is InChI=1S/C22H35NO4/c1-17(2)12-10-8-6-4-3-5-7-9-11-13-21(25)23-18-14-15-19(22(26)27)20(24)16-18/h14-17,24H,3-13H2,1-2H3,(H,23,25)(H,26,27). The number of unbranched alkanes of at least 4 members (excludes halogenated alkanes) is 8. The zero-order valence-electron chi connectivity index (χ0n) is 16.8. The van der Waals surface area contributed by atoms with E-state index in [-0.39, 0.29) is 17.2 Å². The van der Waals surface area contributed by atoms with Gasteiger partial charge in [0.2, 0.25) is 5.91 Å². The number of anilines is 1. The highest BCUT2D eigenvalue weighted by atomic mass is 16.4. The van der Waals surface area contributed by atoms with Gasteiger partial charge in [0.25, 0.3) is 0 Å². The van der Waals surface area contributed by atoms with Gasteiger partial charge in [-0.1, -0.05) is 71.6 Å². The topological polar surface area (TPSA) is 86.6 Å². The van der Waals surface area contributed by atoms with Gasteiger partial charge in [-0.2, -0.15) is 0 Å². The van der Waals surface area contributed by atoms with Crippen LogP contribution in [0.5, 0.6) is 5.75 Å². The predicted molar refractivity (Wildman–Crippen MR) is 109 cm³/mol. The van der Waals surface area contributed by atoms with E-state index >= 15 is 0 Å². The van der Waals surface area contributed by atoms with Gasteiger partial charge in [0.15, 0.2) is 0 Å². The molecule has 3 N–H and O–H groups in total. The Hall–Kier alpha value is -2.04. The lowest BCUT2D eigenvalue weighted by molar-refractivity contribution is -0.116. The third-order valence-corrected chi connectivity index (χ3v) is 4.70. The van der Waals surface area contributed by atoms with Crippen molar-refractivity contribution in [1.29, 1.82) is 0 Å². The summed E-state index contributed by atoms with van der Waals surface area (Å²) in [5, 5.41) is 21.2. The zero-order valence-corrected chi connectivity index (χ0v) is 16.8. The highest BCUT2D eigenvalue weighted by molar-refractivity contribution is 5.94. The molecule has 0 unspecified atom stereocenters. The van der Waals surface area contributed by atoms with Crippen LogP contribution in [0.2, 0.25) is 0 Å². The van der Waals surface area contributed by atoms with Crippen molar-refractivity contribution in [1.82, 2.24) is 0 Å². The Morgan fingerprint density at radius 1 is 0.926 bits per heavy atom. The summed E-state index contributed by atoms with van der Waals surface area (Å²) >= 11 is 0. The first-order valence-corrected chi connectivity index (χ1v) is 10.3. The molecule has 0 radical (unpaired) electrons. The minimum Gasteiger partial charge on any atom is -0.507 e. The van der Waals surface area contributed by atoms with Crippen LogP contribution in [0.3, 0.4) is 0 Å². The van der Waals surface area contributed by atoms with Gasteiger partial charge in [-0.25, -0.2) is 4.79 Å². The number of hydrogen-bond donors (Lipinski definition) is 3. The molecule has 0 saturated carbocycles. The lowest BCUT2D eigenvalue weighted by Crippen LogP contribution is -2.11. The Kier molecular flexibility index (Phi) is 11.2. The van der Waals surface area contributed by atoms with E-state index in [2.05, 4.69) is 19.2 Å². The minimum atomic E-state index is -1.19. The summed E-state index contributed by atoms with van der Waals surface area (Å²) in [4.78, 5) is 22.8. The van der Waals surface area contributed by atoms with Crippen LogP contribution in [0.4, 0.5) is 5.69 Å². The maximum Gasteiger partial charge on any atom is 0.339 e. The molecule has 0 heterocycles. The maximum absolute atomic E-state index is 11.9. The fraction of sp³-hybridized carbons (Fsp3) is 0.636. The summed E-state index contributed by atoms with van der Waals surface area (Å²) in [6.45, 7) is 4.55. The SMILES string of the molecule is CC(C)CCCCCCCCCCCC(=O)Nc1ccc(C(=O)O)c(O)c1. The molecular formula is C22H35NO4. The predicted octanol–water partition coefficient (Wildman–Crippen LogP) is 5.98. The number of carboxylic acid groups (broad SMARTS) is 1. The van der Waals surface area contributed by atoms with Crippen LogP contribution in [0.25, 0.3) is 0 Å². The van der Waals surface area contributed by atoms with Crippen LogP contribution >= 0.6 is 0 Å². The molecule has 5 nitrogen and oxygen atoms in total. The van der Waals surface area contributed by atoms with Crippen molar-refractivity contribution in [2.45, 2.75) is 84.5 Å². The lowest BCUT2D eigenvalue weighted by atomic mass is 10.0. The van der Waals surface area contributed by atoms with Gasteiger partial charge < -0.3 is 15.5 Å². The van der Waals surface area contributed by atoms with Crippen molar-refractivity contribution >= 4 is 17.6 Å². The van der Waals surface area contributed by atoms with Gasteiger partial charge in [0, 0.05) is 18.2 Å². The molecule has 1 aromatic carbocycles. The van der Waals surface area contributed by atoms with Crippen LogP contribution < -0.4 is 5.32 Å². The van der Waals surface area contributed by atoms with E-state index in [1.807, 2.05) is 0 Å². The summed E-state index contributed by atoms with van der Waals surface area (Å²) in [5.41, 5.74) is 0.243. The van der Waals surface area contributed by atoms with Crippen LogP contribution in [0.15, 0.2) is 18.2 Å². The van der Waals surface area contributed by atoms with Crippen LogP contribution in [0, 0.1) is 5.92 Å².